The van der Waals surface area contributed by atoms with Crippen molar-refractivity contribution in [1.82, 2.24) is 5.32 Å². The van der Waals surface area contributed by atoms with E-state index in [1.807, 2.05) is 12.1 Å². The van der Waals surface area contributed by atoms with Gasteiger partial charge in [-0.1, -0.05) is 25.1 Å². The standard InChI is InChI=1S/C14H22FNO/c1-11(12(2)16-8-9-17-3)10-13-6-4-5-7-14(13)15/h4-7,11-12,16H,8-10H2,1-3H3. The first-order chi connectivity index (χ1) is 8.15. The highest BCUT2D eigenvalue weighted by Gasteiger charge is 2.13. The minimum Gasteiger partial charge on any atom is -0.383 e. The van der Waals surface area contributed by atoms with Gasteiger partial charge in [-0.3, -0.25) is 0 Å². The van der Waals surface area contributed by atoms with E-state index in [4.69, 9.17) is 4.74 Å². The van der Waals surface area contributed by atoms with E-state index < -0.39 is 0 Å². The summed E-state index contributed by atoms with van der Waals surface area (Å²) in [5, 5.41) is 3.38. The number of hydrogen-bond donors (Lipinski definition) is 1. The molecule has 1 aromatic rings. The van der Waals surface area contributed by atoms with E-state index in [0.717, 1.165) is 18.5 Å². The summed E-state index contributed by atoms with van der Waals surface area (Å²) in [5.41, 5.74) is 0.792. The van der Waals surface area contributed by atoms with Crippen LogP contribution in [0.25, 0.3) is 0 Å². The molecule has 2 unspecified atom stereocenters. The summed E-state index contributed by atoms with van der Waals surface area (Å²) in [6.45, 7) is 5.80. The van der Waals surface area contributed by atoms with Gasteiger partial charge in [-0.2, -0.15) is 0 Å². The number of benzene rings is 1. The fraction of sp³-hybridized carbons (Fsp3) is 0.571. The van der Waals surface area contributed by atoms with Crippen LogP contribution in [0.1, 0.15) is 19.4 Å². The zero-order valence-corrected chi connectivity index (χ0v) is 10.9. The van der Waals surface area contributed by atoms with Crippen molar-refractivity contribution in [2.45, 2.75) is 26.3 Å². The summed E-state index contributed by atoms with van der Waals surface area (Å²) in [6.07, 6.45) is 0.758. The molecule has 0 spiro atoms. The van der Waals surface area contributed by atoms with Gasteiger partial charge < -0.3 is 10.1 Å². The van der Waals surface area contributed by atoms with Crippen molar-refractivity contribution in [3.8, 4) is 0 Å². The first-order valence-corrected chi connectivity index (χ1v) is 6.11. The van der Waals surface area contributed by atoms with Crippen LogP contribution in [0.3, 0.4) is 0 Å². The Labute approximate surface area is 103 Å². The largest absolute Gasteiger partial charge is 0.383 e. The second-order valence-corrected chi connectivity index (χ2v) is 4.51. The van der Waals surface area contributed by atoms with Gasteiger partial charge in [-0.15, -0.1) is 0 Å². The molecule has 0 aliphatic heterocycles. The molecule has 0 radical (unpaired) electrons. The third kappa shape index (κ3) is 4.84. The number of hydrogen-bond acceptors (Lipinski definition) is 2. The minimum atomic E-state index is -0.108. The molecule has 1 rings (SSSR count). The zero-order chi connectivity index (χ0) is 12.7. The molecule has 0 fully saturated rings. The van der Waals surface area contributed by atoms with E-state index in [2.05, 4.69) is 19.2 Å². The van der Waals surface area contributed by atoms with Gasteiger partial charge in [0.2, 0.25) is 0 Å². The van der Waals surface area contributed by atoms with Crippen molar-refractivity contribution < 1.29 is 9.13 Å². The van der Waals surface area contributed by atoms with Crippen LogP contribution in [-0.4, -0.2) is 26.3 Å². The second-order valence-electron chi connectivity index (χ2n) is 4.51. The average Bonchev–Trinajstić information content (AvgIpc) is 2.32. The Balaban J connectivity index is 2.43. The van der Waals surface area contributed by atoms with E-state index in [0.29, 0.717) is 18.6 Å². The van der Waals surface area contributed by atoms with Crippen LogP contribution in [0.15, 0.2) is 24.3 Å². The molecule has 0 saturated carbocycles. The maximum atomic E-state index is 13.5. The van der Waals surface area contributed by atoms with Crippen LogP contribution >= 0.6 is 0 Å². The van der Waals surface area contributed by atoms with Gasteiger partial charge in [0, 0.05) is 19.7 Å². The maximum Gasteiger partial charge on any atom is 0.126 e. The lowest BCUT2D eigenvalue weighted by Gasteiger charge is -2.21. The van der Waals surface area contributed by atoms with Crippen LogP contribution in [0.5, 0.6) is 0 Å². The molecule has 0 heterocycles. The van der Waals surface area contributed by atoms with Crippen molar-refractivity contribution >= 4 is 0 Å². The van der Waals surface area contributed by atoms with Gasteiger partial charge in [0.1, 0.15) is 5.82 Å². The van der Waals surface area contributed by atoms with Crippen LogP contribution in [-0.2, 0) is 11.2 Å². The molecule has 0 amide bonds. The molecule has 0 aromatic heterocycles. The highest BCUT2D eigenvalue weighted by atomic mass is 19.1. The molecule has 1 N–H and O–H groups in total. The summed E-state index contributed by atoms with van der Waals surface area (Å²) in [5.74, 6) is 0.284. The van der Waals surface area contributed by atoms with Gasteiger partial charge in [0.15, 0.2) is 0 Å². The monoisotopic (exact) mass is 239 g/mol. The van der Waals surface area contributed by atoms with Gasteiger partial charge in [0.25, 0.3) is 0 Å². The van der Waals surface area contributed by atoms with Crippen molar-refractivity contribution in [2.75, 3.05) is 20.3 Å². The number of ether oxygens (including phenoxy) is 1. The lowest BCUT2D eigenvalue weighted by atomic mass is 9.94. The van der Waals surface area contributed by atoms with Crippen LogP contribution in [0.2, 0.25) is 0 Å². The van der Waals surface area contributed by atoms with Crippen molar-refractivity contribution in [3.05, 3.63) is 35.6 Å². The van der Waals surface area contributed by atoms with E-state index >= 15 is 0 Å². The summed E-state index contributed by atoms with van der Waals surface area (Å²) in [7, 11) is 1.69. The summed E-state index contributed by atoms with van der Waals surface area (Å²) < 4.78 is 18.5. The van der Waals surface area contributed by atoms with Crippen molar-refractivity contribution in [1.29, 1.82) is 0 Å². The number of methoxy groups -OCH3 is 1. The van der Waals surface area contributed by atoms with Crippen molar-refractivity contribution in [2.24, 2.45) is 5.92 Å². The fourth-order valence-electron chi connectivity index (χ4n) is 1.78. The third-order valence-corrected chi connectivity index (χ3v) is 3.13. The van der Waals surface area contributed by atoms with Crippen molar-refractivity contribution in [3.63, 3.8) is 0 Å². The van der Waals surface area contributed by atoms with E-state index in [9.17, 15) is 4.39 Å². The Morgan fingerprint density at radius 3 is 2.65 bits per heavy atom. The molecule has 2 nitrogen and oxygen atoms in total. The summed E-state index contributed by atoms with van der Waals surface area (Å²) in [4.78, 5) is 0. The molecule has 0 aliphatic carbocycles. The van der Waals surface area contributed by atoms with Gasteiger partial charge >= 0.3 is 0 Å². The molecule has 3 heteroatoms. The minimum absolute atomic E-state index is 0.108. The van der Waals surface area contributed by atoms with Gasteiger partial charge in [0.05, 0.1) is 6.61 Å². The first kappa shape index (κ1) is 14.1. The Kier molecular flexibility index (Phi) is 6.16. The first-order valence-electron chi connectivity index (χ1n) is 6.11. The molecule has 0 saturated heterocycles. The topological polar surface area (TPSA) is 21.3 Å². The van der Waals surface area contributed by atoms with Crippen LogP contribution < -0.4 is 5.32 Å². The SMILES string of the molecule is COCCNC(C)C(C)Cc1ccccc1F. The van der Waals surface area contributed by atoms with Gasteiger partial charge in [-0.25, -0.2) is 4.39 Å². The molecule has 96 valence electrons. The normalized spacial score (nSPS) is 14.6. The van der Waals surface area contributed by atoms with E-state index in [-0.39, 0.29) is 5.82 Å². The lowest BCUT2D eigenvalue weighted by Crippen LogP contribution is -2.35. The molecule has 1 aromatic carbocycles. The summed E-state index contributed by atoms with van der Waals surface area (Å²) in [6, 6.07) is 7.33. The Morgan fingerprint density at radius 1 is 1.29 bits per heavy atom. The maximum absolute atomic E-state index is 13.5. The summed E-state index contributed by atoms with van der Waals surface area (Å²) >= 11 is 0. The van der Waals surface area contributed by atoms with E-state index in [1.54, 1.807) is 13.2 Å². The van der Waals surface area contributed by atoms with Crippen LogP contribution in [0, 0.1) is 11.7 Å². The highest BCUT2D eigenvalue weighted by Crippen LogP contribution is 2.14. The quantitative estimate of drug-likeness (QED) is 0.739. The Morgan fingerprint density at radius 2 is 2.00 bits per heavy atom. The predicted molar refractivity (Wildman–Crippen MR) is 68.6 cm³/mol. The second kappa shape index (κ2) is 7.41. The third-order valence-electron chi connectivity index (χ3n) is 3.13. The fourth-order valence-corrected chi connectivity index (χ4v) is 1.78. The average molecular weight is 239 g/mol. The lowest BCUT2D eigenvalue weighted by molar-refractivity contribution is 0.192. The Hall–Kier alpha value is -0.930. The van der Waals surface area contributed by atoms with Crippen LogP contribution in [0.4, 0.5) is 4.39 Å². The highest BCUT2D eigenvalue weighted by molar-refractivity contribution is 5.17. The van der Waals surface area contributed by atoms with Gasteiger partial charge in [-0.05, 0) is 30.9 Å². The zero-order valence-electron chi connectivity index (χ0n) is 10.9. The number of rotatable bonds is 7. The van der Waals surface area contributed by atoms with E-state index in [1.165, 1.54) is 6.07 Å². The number of nitrogens with one attached hydrogen (secondary N) is 1. The molecule has 17 heavy (non-hydrogen) atoms. The molecular weight excluding hydrogens is 217 g/mol. The molecular formula is C14H22FNO. The molecule has 2 atom stereocenters. The molecule has 0 aliphatic rings. The smallest absolute Gasteiger partial charge is 0.126 e. The Bertz CT molecular complexity index is 330. The number of halogens is 1. The predicted octanol–water partition coefficient (Wildman–Crippen LogP) is 2.63. The molecule has 0 bridgehead atoms.